The van der Waals surface area contributed by atoms with Gasteiger partial charge in [-0.05, 0) is 47.1 Å². The van der Waals surface area contributed by atoms with Crippen LogP contribution in [0.1, 0.15) is 6.92 Å². The molecule has 112 valence electrons. The SMILES string of the molecule is CCN(c1ccccc1)S(=O)(=O)c1cc(N)cc(Br)c1F. The molecule has 2 aromatic carbocycles. The third-order valence-corrected chi connectivity index (χ3v) is 5.40. The predicted octanol–water partition coefficient (Wildman–Crippen LogP) is 3.39. The summed E-state index contributed by atoms with van der Waals surface area (Å²) in [5.74, 6) is -0.849. The van der Waals surface area contributed by atoms with E-state index >= 15 is 0 Å². The zero-order valence-corrected chi connectivity index (χ0v) is 13.7. The summed E-state index contributed by atoms with van der Waals surface area (Å²) in [7, 11) is -4.03. The highest BCUT2D eigenvalue weighted by molar-refractivity contribution is 9.10. The number of anilines is 2. The summed E-state index contributed by atoms with van der Waals surface area (Å²) in [6, 6.07) is 11.0. The van der Waals surface area contributed by atoms with Crippen molar-refractivity contribution in [3.8, 4) is 0 Å². The van der Waals surface area contributed by atoms with Gasteiger partial charge in [-0.25, -0.2) is 12.8 Å². The Bertz CT molecular complexity index is 751. The standard InChI is InChI=1S/C14H14BrFN2O2S/c1-2-18(11-6-4-3-5-7-11)21(19,20)13-9-10(17)8-12(15)14(13)16/h3-9H,2,17H2,1H3. The minimum absolute atomic E-state index is 0.0187. The monoisotopic (exact) mass is 372 g/mol. The van der Waals surface area contributed by atoms with Gasteiger partial charge in [0, 0.05) is 12.2 Å². The van der Waals surface area contributed by atoms with Gasteiger partial charge in [-0.15, -0.1) is 0 Å². The fourth-order valence-electron chi connectivity index (χ4n) is 1.98. The summed E-state index contributed by atoms with van der Waals surface area (Å²) >= 11 is 2.98. The molecule has 0 radical (unpaired) electrons. The maximum atomic E-state index is 14.2. The second-order valence-corrected chi connectivity index (χ2v) is 7.01. The van der Waals surface area contributed by atoms with Crippen molar-refractivity contribution in [2.75, 3.05) is 16.6 Å². The zero-order chi connectivity index (χ0) is 15.6. The van der Waals surface area contributed by atoms with Crippen molar-refractivity contribution in [2.45, 2.75) is 11.8 Å². The van der Waals surface area contributed by atoms with Crippen LogP contribution >= 0.6 is 15.9 Å². The van der Waals surface area contributed by atoms with Gasteiger partial charge in [0.25, 0.3) is 10.0 Å². The molecule has 0 aromatic heterocycles. The number of benzene rings is 2. The fourth-order valence-corrected chi connectivity index (χ4v) is 4.18. The van der Waals surface area contributed by atoms with Crippen LogP contribution in [0.15, 0.2) is 51.8 Å². The Hall–Kier alpha value is -1.60. The molecular weight excluding hydrogens is 359 g/mol. The van der Waals surface area contributed by atoms with Crippen LogP contribution in [0.5, 0.6) is 0 Å². The van der Waals surface area contributed by atoms with E-state index in [1.165, 1.54) is 6.07 Å². The molecule has 0 saturated heterocycles. The highest BCUT2D eigenvalue weighted by Gasteiger charge is 2.28. The number of halogens is 2. The van der Waals surface area contributed by atoms with E-state index in [0.717, 1.165) is 10.4 Å². The average Bonchev–Trinajstić information content (AvgIpc) is 2.44. The van der Waals surface area contributed by atoms with E-state index < -0.39 is 20.7 Å². The number of nitrogens with zero attached hydrogens (tertiary/aromatic N) is 1. The van der Waals surface area contributed by atoms with Gasteiger partial charge < -0.3 is 5.73 Å². The van der Waals surface area contributed by atoms with E-state index in [4.69, 9.17) is 5.73 Å². The van der Waals surface area contributed by atoms with Gasteiger partial charge >= 0.3 is 0 Å². The maximum Gasteiger partial charge on any atom is 0.267 e. The molecule has 2 aromatic rings. The van der Waals surface area contributed by atoms with Gasteiger partial charge in [0.2, 0.25) is 0 Å². The maximum absolute atomic E-state index is 14.2. The Morgan fingerprint density at radius 3 is 2.43 bits per heavy atom. The van der Waals surface area contributed by atoms with E-state index in [0.29, 0.717) is 5.69 Å². The molecule has 2 N–H and O–H groups in total. The Balaban J connectivity index is 2.61. The predicted molar refractivity (Wildman–Crippen MR) is 85.2 cm³/mol. The Morgan fingerprint density at radius 1 is 1.24 bits per heavy atom. The third kappa shape index (κ3) is 3.03. The fraction of sp³-hybridized carbons (Fsp3) is 0.143. The molecule has 0 atom stereocenters. The topological polar surface area (TPSA) is 63.4 Å². The molecule has 0 saturated carbocycles. The summed E-state index contributed by atoms with van der Waals surface area (Å²) in [4.78, 5) is -0.444. The number of sulfonamides is 1. The van der Waals surface area contributed by atoms with E-state index in [1.54, 1.807) is 37.3 Å². The van der Waals surface area contributed by atoms with Crippen molar-refractivity contribution in [2.24, 2.45) is 0 Å². The first-order chi connectivity index (χ1) is 9.87. The van der Waals surface area contributed by atoms with Gasteiger partial charge in [0.1, 0.15) is 4.90 Å². The molecule has 0 aliphatic carbocycles. The molecule has 4 nitrogen and oxygen atoms in total. The van der Waals surface area contributed by atoms with Crippen molar-refractivity contribution < 1.29 is 12.8 Å². The quantitative estimate of drug-likeness (QED) is 0.836. The Labute approximate surface area is 131 Å². The van der Waals surface area contributed by atoms with E-state index in [-0.39, 0.29) is 16.7 Å². The van der Waals surface area contributed by atoms with Crippen LogP contribution in [0, 0.1) is 5.82 Å². The van der Waals surface area contributed by atoms with Gasteiger partial charge in [0.15, 0.2) is 5.82 Å². The molecule has 0 unspecified atom stereocenters. The van der Waals surface area contributed by atoms with Crippen LogP contribution in [-0.4, -0.2) is 15.0 Å². The largest absolute Gasteiger partial charge is 0.399 e. The van der Waals surface area contributed by atoms with Crippen LogP contribution in [0.2, 0.25) is 0 Å². The number of para-hydroxylation sites is 1. The van der Waals surface area contributed by atoms with Crippen LogP contribution in [-0.2, 0) is 10.0 Å². The van der Waals surface area contributed by atoms with Crippen LogP contribution in [0.3, 0.4) is 0 Å². The average molecular weight is 373 g/mol. The van der Waals surface area contributed by atoms with Gasteiger partial charge in [-0.1, -0.05) is 18.2 Å². The number of nitrogen functional groups attached to an aromatic ring is 1. The molecule has 0 bridgehead atoms. The van der Waals surface area contributed by atoms with Crippen molar-refractivity contribution in [3.05, 3.63) is 52.8 Å². The molecule has 0 aliphatic rings. The second-order valence-electron chi connectivity index (χ2n) is 4.32. The van der Waals surface area contributed by atoms with Crippen molar-refractivity contribution in [3.63, 3.8) is 0 Å². The number of hydrogen-bond donors (Lipinski definition) is 1. The van der Waals surface area contributed by atoms with Gasteiger partial charge in [-0.3, -0.25) is 4.31 Å². The summed E-state index contributed by atoms with van der Waals surface area (Å²) in [5.41, 5.74) is 6.27. The van der Waals surface area contributed by atoms with Gasteiger partial charge in [0.05, 0.1) is 10.2 Å². The smallest absolute Gasteiger partial charge is 0.267 e. The molecule has 0 amide bonds. The highest BCUT2D eigenvalue weighted by Crippen LogP contribution is 2.30. The molecule has 0 aliphatic heterocycles. The van der Waals surface area contributed by atoms with Crippen molar-refractivity contribution >= 4 is 37.3 Å². The molecule has 21 heavy (non-hydrogen) atoms. The third-order valence-electron chi connectivity index (χ3n) is 2.92. The van der Waals surface area contributed by atoms with Crippen LogP contribution < -0.4 is 10.0 Å². The summed E-state index contributed by atoms with van der Waals surface area (Å²) < 4.78 is 40.7. The number of hydrogen-bond acceptors (Lipinski definition) is 3. The van der Waals surface area contributed by atoms with Crippen molar-refractivity contribution in [1.82, 2.24) is 0 Å². The lowest BCUT2D eigenvalue weighted by Crippen LogP contribution is -2.31. The summed E-state index contributed by atoms with van der Waals surface area (Å²) in [5, 5.41) is 0. The Kier molecular flexibility index (Phi) is 4.53. The molecular formula is C14H14BrFN2O2S. The normalized spacial score (nSPS) is 11.4. The van der Waals surface area contributed by atoms with Crippen LogP contribution in [0.25, 0.3) is 0 Å². The Morgan fingerprint density at radius 2 is 1.86 bits per heavy atom. The first-order valence-corrected chi connectivity index (χ1v) is 8.43. The summed E-state index contributed by atoms with van der Waals surface area (Å²) in [6.45, 7) is 1.86. The number of nitrogens with two attached hydrogens (primary N) is 1. The molecule has 2 rings (SSSR count). The second kappa shape index (κ2) is 6.03. The number of rotatable bonds is 4. The lowest BCUT2D eigenvalue weighted by atomic mass is 10.3. The summed E-state index contributed by atoms with van der Waals surface area (Å²) in [6.07, 6.45) is 0. The minimum Gasteiger partial charge on any atom is -0.399 e. The highest BCUT2D eigenvalue weighted by atomic mass is 79.9. The first kappa shape index (κ1) is 15.8. The van der Waals surface area contributed by atoms with E-state index in [1.807, 2.05) is 0 Å². The zero-order valence-electron chi connectivity index (χ0n) is 11.3. The minimum atomic E-state index is -4.03. The molecule has 0 spiro atoms. The molecule has 7 heteroatoms. The first-order valence-electron chi connectivity index (χ1n) is 6.20. The van der Waals surface area contributed by atoms with E-state index in [2.05, 4.69) is 15.9 Å². The lowest BCUT2D eigenvalue weighted by molar-refractivity contribution is 0.561. The van der Waals surface area contributed by atoms with E-state index in [9.17, 15) is 12.8 Å². The molecule has 0 heterocycles. The lowest BCUT2D eigenvalue weighted by Gasteiger charge is -2.23. The van der Waals surface area contributed by atoms with Gasteiger partial charge in [-0.2, -0.15) is 0 Å². The van der Waals surface area contributed by atoms with Crippen LogP contribution in [0.4, 0.5) is 15.8 Å². The van der Waals surface area contributed by atoms with Crippen molar-refractivity contribution in [1.29, 1.82) is 0 Å². The molecule has 0 fully saturated rings.